The van der Waals surface area contributed by atoms with E-state index in [1.54, 1.807) is 0 Å². The van der Waals surface area contributed by atoms with Crippen molar-refractivity contribution in [2.24, 2.45) is 0 Å². The van der Waals surface area contributed by atoms with Crippen molar-refractivity contribution >= 4 is 11.6 Å². The summed E-state index contributed by atoms with van der Waals surface area (Å²) in [5, 5.41) is 0. The van der Waals surface area contributed by atoms with Gasteiger partial charge in [0.05, 0.1) is 0 Å². The molecule has 0 saturated carbocycles. The van der Waals surface area contributed by atoms with Crippen molar-refractivity contribution in [3.63, 3.8) is 0 Å². The molecule has 2 aliphatic heterocycles. The fourth-order valence-corrected chi connectivity index (χ4v) is 3.54. The van der Waals surface area contributed by atoms with E-state index < -0.39 is 0 Å². The van der Waals surface area contributed by atoms with Gasteiger partial charge in [0, 0.05) is 37.4 Å². The van der Waals surface area contributed by atoms with Gasteiger partial charge in [-0.3, -0.25) is 4.79 Å². The molecule has 1 fully saturated rings. The van der Waals surface area contributed by atoms with Crippen molar-refractivity contribution in [2.45, 2.75) is 38.5 Å². The van der Waals surface area contributed by atoms with Gasteiger partial charge in [0.2, 0.25) is 0 Å². The Labute approximate surface area is 153 Å². The number of hydrogen-bond acceptors (Lipinski definition) is 4. The van der Waals surface area contributed by atoms with Gasteiger partial charge in [0.1, 0.15) is 0 Å². The number of nitrogens with one attached hydrogen (secondary N) is 1. The fraction of sp³-hybridized carbons (Fsp3) is 0.381. The lowest BCUT2D eigenvalue weighted by Crippen LogP contribution is -2.33. The summed E-state index contributed by atoms with van der Waals surface area (Å²) < 4.78 is 5.44. The first kappa shape index (κ1) is 17.1. The Balaban J connectivity index is 1.32. The monoisotopic (exact) mass is 352 g/mol. The SMILES string of the molecule is O=C(NOC1CCCCO1)c1ccc(CN2CCc3ccccc32)cc1. The zero-order valence-electron chi connectivity index (χ0n) is 14.8. The summed E-state index contributed by atoms with van der Waals surface area (Å²) in [5.41, 5.74) is 7.00. The third-order valence-corrected chi connectivity index (χ3v) is 4.99. The number of hydroxylamine groups is 1. The van der Waals surface area contributed by atoms with E-state index in [0.29, 0.717) is 12.2 Å². The highest BCUT2D eigenvalue weighted by Gasteiger charge is 2.19. The molecule has 4 rings (SSSR count). The molecule has 26 heavy (non-hydrogen) atoms. The number of carbonyl (C=O) groups excluding carboxylic acids is 1. The average Bonchev–Trinajstić information content (AvgIpc) is 3.10. The Hall–Kier alpha value is -2.37. The smallest absolute Gasteiger partial charge is 0.274 e. The molecular formula is C21H24N2O3. The molecule has 5 heteroatoms. The molecule has 136 valence electrons. The number of ether oxygens (including phenoxy) is 1. The molecule has 0 bridgehead atoms. The number of fused-ring (bicyclic) bond motifs is 1. The van der Waals surface area contributed by atoms with Crippen LogP contribution in [0.5, 0.6) is 0 Å². The number of benzene rings is 2. The van der Waals surface area contributed by atoms with Crippen LogP contribution in [0.4, 0.5) is 5.69 Å². The normalized spacial score (nSPS) is 19.2. The first-order valence-corrected chi connectivity index (χ1v) is 9.29. The number of carbonyl (C=O) groups is 1. The summed E-state index contributed by atoms with van der Waals surface area (Å²) in [5.74, 6) is -0.239. The van der Waals surface area contributed by atoms with Gasteiger partial charge in [-0.25, -0.2) is 10.3 Å². The molecule has 1 atom stereocenters. The van der Waals surface area contributed by atoms with Crippen molar-refractivity contribution in [3.8, 4) is 0 Å². The van der Waals surface area contributed by atoms with Crippen LogP contribution < -0.4 is 10.4 Å². The average molecular weight is 352 g/mol. The minimum Gasteiger partial charge on any atom is -0.367 e. The first-order chi connectivity index (χ1) is 12.8. The van der Waals surface area contributed by atoms with E-state index in [2.05, 4.69) is 34.6 Å². The highest BCUT2D eigenvalue weighted by atomic mass is 16.8. The predicted molar refractivity (Wildman–Crippen MR) is 99.8 cm³/mol. The van der Waals surface area contributed by atoms with Gasteiger partial charge in [0.15, 0.2) is 6.29 Å². The summed E-state index contributed by atoms with van der Waals surface area (Å²) in [7, 11) is 0. The largest absolute Gasteiger partial charge is 0.367 e. The lowest BCUT2D eigenvalue weighted by molar-refractivity contribution is -0.186. The minimum atomic E-state index is -0.331. The molecule has 0 aliphatic carbocycles. The Morgan fingerprint density at radius 3 is 2.81 bits per heavy atom. The molecule has 1 N–H and O–H groups in total. The number of anilines is 1. The van der Waals surface area contributed by atoms with Crippen LogP contribution in [0, 0.1) is 0 Å². The van der Waals surface area contributed by atoms with Crippen LogP contribution in [0.2, 0.25) is 0 Å². The molecule has 0 aromatic heterocycles. The molecule has 2 aromatic rings. The van der Waals surface area contributed by atoms with Crippen LogP contribution in [0.15, 0.2) is 48.5 Å². The third kappa shape index (κ3) is 3.89. The number of rotatable bonds is 5. The van der Waals surface area contributed by atoms with Gasteiger partial charge in [0.25, 0.3) is 5.91 Å². The first-order valence-electron chi connectivity index (χ1n) is 9.29. The Morgan fingerprint density at radius 1 is 1.15 bits per heavy atom. The summed E-state index contributed by atoms with van der Waals surface area (Å²) >= 11 is 0. The zero-order chi connectivity index (χ0) is 17.8. The molecule has 1 amide bonds. The lowest BCUT2D eigenvalue weighted by Gasteiger charge is -2.22. The van der Waals surface area contributed by atoms with E-state index in [9.17, 15) is 4.79 Å². The van der Waals surface area contributed by atoms with Crippen molar-refractivity contribution in [3.05, 3.63) is 65.2 Å². The van der Waals surface area contributed by atoms with Gasteiger partial charge in [-0.2, -0.15) is 0 Å². The maximum atomic E-state index is 12.2. The van der Waals surface area contributed by atoms with Gasteiger partial charge >= 0.3 is 0 Å². The van der Waals surface area contributed by atoms with Crippen LogP contribution in [0.25, 0.3) is 0 Å². The molecule has 0 spiro atoms. The topological polar surface area (TPSA) is 50.8 Å². The third-order valence-electron chi connectivity index (χ3n) is 4.99. The van der Waals surface area contributed by atoms with Crippen LogP contribution >= 0.6 is 0 Å². The number of amides is 1. The van der Waals surface area contributed by atoms with E-state index >= 15 is 0 Å². The molecule has 1 saturated heterocycles. The standard InChI is InChI=1S/C21H24N2O3/c24-21(22-26-20-7-3-4-14-25-20)18-10-8-16(9-11-18)15-23-13-12-17-5-1-2-6-19(17)23/h1-2,5-6,8-11,20H,3-4,7,12-15H2,(H,22,24). The van der Waals surface area contributed by atoms with Crippen LogP contribution in [0.1, 0.15) is 40.7 Å². The minimum absolute atomic E-state index is 0.239. The second-order valence-electron chi connectivity index (χ2n) is 6.84. The van der Waals surface area contributed by atoms with E-state index in [1.807, 2.05) is 24.3 Å². The summed E-state index contributed by atoms with van der Waals surface area (Å²) in [6, 6.07) is 16.2. The Morgan fingerprint density at radius 2 is 2.00 bits per heavy atom. The van der Waals surface area contributed by atoms with Crippen molar-refractivity contribution in [1.82, 2.24) is 5.48 Å². The summed E-state index contributed by atoms with van der Waals surface area (Å²) in [4.78, 5) is 19.9. The van der Waals surface area contributed by atoms with Crippen LogP contribution in [-0.4, -0.2) is 25.3 Å². The highest BCUT2D eigenvalue weighted by Crippen LogP contribution is 2.28. The molecule has 0 radical (unpaired) electrons. The van der Waals surface area contributed by atoms with E-state index in [4.69, 9.17) is 9.57 Å². The second-order valence-corrected chi connectivity index (χ2v) is 6.84. The van der Waals surface area contributed by atoms with Crippen molar-refractivity contribution < 1.29 is 14.4 Å². The summed E-state index contributed by atoms with van der Waals surface area (Å²) in [6.07, 6.45) is 3.70. The van der Waals surface area contributed by atoms with E-state index in [0.717, 1.165) is 38.8 Å². The van der Waals surface area contributed by atoms with Gasteiger partial charge in [-0.15, -0.1) is 0 Å². The quantitative estimate of drug-likeness (QED) is 0.838. The number of nitrogens with zero attached hydrogens (tertiary/aromatic N) is 1. The van der Waals surface area contributed by atoms with Crippen molar-refractivity contribution in [1.29, 1.82) is 0 Å². The highest BCUT2D eigenvalue weighted by molar-refractivity contribution is 5.93. The molecular weight excluding hydrogens is 328 g/mol. The molecule has 1 unspecified atom stereocenters. The molecule has 5 nitrogen and oxygen atoms in total. The predicted octanol–water partition coefficient (Wildman–Crippen LogP) is 3.44. The Bertz CT molecular complexity index is 754. The molecule has 2 aliphatic rings. The van der Waals surface area contributed by atoms with Gasteiger partial charge < -0.3 is 9.64 Å². The molecule has 2 aromatic carbocycles. The van der Waals surface area contributed by atoms with Gasteiger partial charge in [-0.05, 0) is 48.6 Å². The summed E-state index contributed by atoms with van der Waals surface area (Å²) in [6.45, 7) is 2.58. The molecule has 2 heterocycles. The maximum Gasteiger partial charge on any atom is 0.274 e. The fourth-order valence-electron chi connectivity index (χ4n) is 3.54. The number of hydrogen-bond donors (Lipinski definition) is 1. The second kappa shape index (κ2) is 7.89. The van der Waals surface area contributed by atoms with Crippen LogP contribution in [0.3, 0.4) is 0 Å². The van der Waals surface area contributed by atoms with Crippen LogP contribution in [-0.2, 0) is 22.5 Å². The zero-order valence-corrected chi connectivity index (χ0v) is 14.8. The van der Waals surface area contributed by atoms with E-state index in [1.165, 1.54) is 16.8 Å². The lowest BCUT2D eigenvalue weighted by atomic mass is 10.1. The maximum absolute atomic E-state index is 12.2. The van der Waals surface area contributed by atoms with E-state index in [-0.39, 0.29) is 12.2 Å². The number of para-hydroxylation sites is 1. The van der Waals surface area contributed by atoms with Crippen molar-refractivity contribution in [2.75, 3.05) is 18.1 Å². The van der Waals surface area contributed by atoms with Gasteiger partial charge in [-0.1, -0.05) is 30.3 Å². The Kier molecular flexibility index (Phi) is 5.18.